The molecule has 0 saturated heterocycles. The number of carbonyl (C=O) groups is 1. The smallest absolute Gasteiger partial charge is 0.251 e. The van der Waals surface area contributed by atoms with Gasteiger partial charge in [0.15, 0.2) is 0 Å². The molecule has 2 aromatic carbocycles. The van der Waals surface area contributed by atoms with Crippen molar-refractivity contribution in [3.8, 4) is 5.75 Å². The molecule has 0 aliphatic rings. The zero-order valence-corrected chi connectivity index (χ0v) is 14.6. The van der Waals surface area contributed by atoms with Gasteiger partial charge in [-0.05, 0) is 41.7 Å². The first kappa shape index (κ1) is 17.8. The predicted octanol–water partition coefficient (Wildman–Crippen LogP) is 4.40. The third-order valence-corrected chi connectivity index (χ3v) is 3.76. The molecule has 0 fully saturated rings. The fourth-order valence-electron chi connectivity index (χ4n) is 2.33. The van der Waals surface area contributed by atoms with Crippen molar-refractivity contribution >= 4 is 17.6 Å². The minimum atomic E-state index is -0.0438. The van der Waals surface area contributed by atoms with Gasteiger partial charge in [0, 0.05) is 12.1 Å². The van der Waals surface area contributed by atoms with Gasteiger partial charge >= 0.3 is 0 Å². The summed E-state index contributed by atoms with van der Waals surface area (Å²) in [5.41, 5.74) is 2.55. The van der Waals surface area contributed by atoms with Gasteiger partial charge in [0.05, 0.1) is 7.11 Å². The Labute approximate surface area is 144 Å². The number of hydrogen-bond donors (Lipinski definition) is 1. The second kappa shape index (κ2) is 8.92. The maximum absolute atomic E-state index is 12.6. The van der Waals surface area contributed by atoms with Crippen molar-refractivity contribution in [1.29, 1.82) is 0 Å². The van der Waals surface area contributed by atoms with Crippen LogP contribution in [-0.2, 0) is 4.79 Å². The van der Waals surface area contributed by atoms with E-state index in [0.29, 0.717) is 18.0 Å². The number of ether oxygens (including phenoxy) is 1. The Kier molecular flexibility index (Phi) is 6.62. The highest BCUT2D eigenvalue weighted by Crippen LogP contribution is 2.20. The number of hydrogen-bond acceptors (Lipinski definition) is 2. The van der Waals surface area contributed by atoms with Crippen molar-refractivity contribution in [3.63, 3.8) is 0 Å². The van der Waals surface area contributed by atoms with Gasteiger partial charge in [-0.15, -0.1) is 0 Å². The van der Waals surface area contributed by atoms with Crippen molar-refractivity contribution in [2.75, 3.05) is 13.7 Å². The van der Waals surface area contributed by atoms with Gasteiger partial charge in [-0.25, -0.2) is 0 Å². The molecule has 24 heavy (non-hydrogen) atoms. The van der Waals surface area contributed by atoms with E-state index in [0.717, 1.165) is 23.3 Å². The summed E-state index contributed by atoms with van der Waals surface area (Å²) in [6.45, 7) is 4.98. The molecule has 0 heterocycles. The monoisotopic (exact) mass is 323 g/mol. The van der Waals surface area contributed by atoms with Gasteiger partial charge in [-0.1, -0.05) is 56.3 Å². The number of methoxy groups -OCH3 is 1. The van der Waals surface area contributed by atoms with Crippen molar-refractivity contribution in [1.82, 2.24) is 5.32 Å². The molecule has 3 nitrogen and oxygen atoms in total. The third kappa shape index (κ3) is 5.27. The predicted molar refractivity (Wildman–Crippen MR) is 99.8 cm³/mol. The van der Waals surface area contributed by atoms with E-state index in [1.807, 2.05) is 60.7 Å². The van der Waals surface area contributed by atoms with Crippen molar-refractivity contribution in [2.24, 2.45) is 5.92 Å². The first-order valence-corrected chi connectivity index (χ1v) is 8.29. The van der Waals surface area contributed by atoms with Crippen LogP contribution in [0, 0.1) is 5.92 Å². The minimum absolute atomic E-state index is 0.0438. The lowest BCUT2D eigenvalue weighted by Gasteiger charge is -2.11. The lowest BCUT2D eigenvalue weighted by atomic mass is 10.0. The maximum atomic E-state index is 12.6. The summed E-state index contributed by atoms with van der Waals surface area (Å²) in [4.78, 5) is 12.6. The van der Waals surface area contributed by atoms with Crippen LogP contribution in [0.1, 0.15) is 31.4 Å². The van der Waals surface area contributed by atoms with Gasteiger partial charge in [-0.2, -0.15) is 0 Å². The summed E-state index contributed by atoms with van der Waals surface area (Å²) < 4.78 is 5.18. The topological polar surface area (TPSA) is 38.3 Å². The molecular formula is C21H25NO2. The Hall–Kier alpha value is -2.55. The van der Waals surface area contributed by atoms with E-state index >= 15 is 0 Å². The maximum Gasteiger partial charge on any atom is 0.251 e. The summed E-state index contributed by atoms with van der Waals surface area (Å²) in [7, 11) is 1.64. The van der Waals surface area contributed by atoms with E-state index in [-0.39, 0.29) is 5.91 Å². The molecule has 0 aliphatic carbocycles. The molecule has 0 aliphatic heterocycles. The summed E-state index contributed by atoms with van der Waals surface area (Å²) in [6.07, 6.45) is 2.88. The van der Waals surface area contributed by atoms with Crippen molar-refractivity contribution in [2.45, 2.75) is 20.3 Å². The van der Waals surface area contributed by atoms with E-state index in [2.05, 4.69) is 19.2 Å². The molecule has 2 rings (SSSR count). The van der Waals surface area contributed by atoms with Crippen LogP contribution in [0.5, 0.6) is 5.75 Å². The normalized spacial score (nSPS) is 11.4. The lowest BCUT2D eigenvalue weighted by molar-refractivity contribution is -0.115. The highest BCUT2D eigenvalue weighted by atomic mass is 16.5. The molecular weight excluding hydrogens is 298 g/mol. The van der Waals surface area contributed by atoms with E-state index in [4.69, 9.17) is 4.74 Å². The van der Waals surface area contributed by atoms with Gasteiger partial charge in [-0.3, -0.25) is 4.79 Å². The minimum Gasteiger partial charge on any atom is -0.497 e. The Morgan fingerprint density at radius 3 is 2.33 bits per heavy atom. The first-order valence-electron chi connectivity index (χ1n) is 8.29. The molecule has 3 heteroatoms. The number of carbonyl (C=O) groups excluding carboxylic acids is 1. The van der Waals surface area contributed by atoms with Crippen LogP contribution in [0.3, 0.4) is 0 Å². The molecule has 0 bridgehead atoms. The summed E-state index contributed by atoms with van der Waals surface area (Å²) in [5, 5.41) is 3.02. The Bertz CT molecular complexity index is 673. The van der Waals surface area contributed by atoms with Gasteiger partial charge in [0.25, 0.3) is 5.91 Å². The third-order valence-electron chi connectivity index (χ3n) is 3.76. The van der Waals surface area contributed by atoms with Crippen LogP contribution in [0.15, 0.2) is 54.6 Å². The van der Waals surface area contributed by atoms with Gasteiger partial charge in [0.1, 0.15) is 5.75 Å². The molecule has 0 aromatic heterocycles. The quantitative estimate of drug-likeness (QED) is 0.606. The van der Waals surface area contributed by atoms with E-state index in [9.17, 15) is 4.79 Å². The van der Waals surface area contributed by atoms with Crippen molar-refractivity contribution in [3.05, 3.63) is 65.7 Å². The largest absolute Gasteiger partial charge is 0.497 e. The van der Waals surface area contributed by atoms with Crippen molar-refractivity contribution < 1.29 is 9.53 Å². The zero-order chi connectivity index (χ0) is 17.4. The van der Waals surface area contributed by atoms with E-state index < -0.39 is 0 Å². The molecule has 126 valence electrons. The molecule has 0 spiro atoms. The molecule has 2 aromatic rings. The van der Waals surface area contributed by atoms with Crippen LogP contribution in [-0.4, -0.2) is 19.6 Å². The second-order valence-corrected chi connectivity index (χ2v) is 6.14. The SMILES string of the molecule is COc1ccc(/C=C(/C(=O)NCCC(C)C)c2ccccc2)cc1. The number of rotatable bonds is 7. The summed E-state index contributed by atoms with van der Waals surface area (Å²) in [6, 6.07) is 17.4. The Morgan fingerprint density at radius 1 is 1.08 bits per heavy atom. The van der Waals surface area contributed by atoms with Crippen LogP contribution in [0.4, 0.5) is 0 Å². The van der Waals surface area contributed by atoms with Crippen LogP contribution in [0.25, 0.3) is 11.6 Å². The fraction of sp³-hybridized carbons (Fsp3) is 0.286. The van der Waals surface area contributed by atoms with Gasteiger partial charge in [0.2, 0.25) is 0 Å². The van der Waals surface area contributed by atoms with Crippen LogP contribution < -0.4 is 10.1 Å². The standard InChI is InChI=1S/C21H25NO2/c1-16(2)13-14-22-21(23)20(18-7-5-4-6-8-18)15-17-9-11-19(24-3)12-10-17/h4-12,15-16H,13-14H2,1-3H3,(H,22,23)/b20-15+. The van der Waals surface area contributed by atoms with Crippen LogP contribution in [0.2, 0.25) is 0 Å². The molecule has 0 saturated carbocycles. The summed E-state index contributed by atoms with van der Waals surface area (Å²) >= 11 is 0. The average molecular weight is 323 g/mol. The average Bonchev–Trinajstić information content (AvgIpc) is 2.60. The zero-order valence-electron chi connectivity index (χ0n) is 14.6. The first-order chi connectivity index (χ1) is 11.6. The molecule has 0 atom stereocenters. The summed E-state index contributed by atoms with van der Waals surface area (Å²) in [5.74, 6) is 1.32. The fourth-order valence-corrected chi connectivity index (χ4v) is 2.33. The molecule has 0 radical (unpaired) electrons. The van der Waals surface area contributed by atoms with E-state index in [1.165, 1.54) is 0 Å². The molecule has 1 amide bonds. The Morgan fingerprint density at radius 2 is 1.75 bits per heavy atom. The number of amides is 1. The molecule has 1 N–H and O–H groups in total. The number of nitrogens with one attached hydrogen (secondary N) is 1. The van der Waals surface area contributed by atoms with E-state index in [1.54, 1.807) is 7.11 Å². The van der Waals surface area contributed by atoms with Gasteiger partial charge < -0.3 is 10.1 Å². The Balaban J connectivity index is 2.25. The lowest BCUT2D eigenvalue weighted by Crippen LogP contribution is -2.26. The van der Waals surface area contributed by atoms with Crippen LogP contribution >= 0.6 is 0 Å². The highest BCUT2D eigenvalue weighted by molar-refractivity contribution is 6.24. The second-order valence-electron chi connectivity index (χ2n) is 6.14. The highest BCUT2D eigenvalue weighted by Gasteiger charge is 2.12. The number of benzene rings is 2. The molecule has 0 unspecified atom stereocenters.